The second-order valence-corrected chi connectivity index (χ2v) is 4.39. The van der Waals surface area contributed by atoms with E-state index in [0.29, 0.717) is 24.3 Å². The third-order valence-electron chi connectivity index (χ3n) is 3.02. The highest BCUT2D eigenvalue weighted by atomic mass is 16.5. The van der Waals surface area contributed by atoms with Crippen molar-refractivity contribution in [2.45, 2.75) is 13.0 Å². The van der Waals surface area contributed by atoms with Gasteiger partial charge in [-0.3, -0.25) is 9.79 Å². The molecule has 0 atom stereocenters. The molecule has 0 unspecified atom stereocenters. The van der Waals surface area contributed by atoms with Gasteiger partial charge in [0.15, 0.2) is 5.78 Å². The van der Waals surface area contributed by atoms with E-state index < -0.39 is 0 Å². The van der Waals surface area contributed by atoms with Crippen LogP contribution >= 0.6 is 0 Å². The van der Waals surface area contributed by atoms with Gasteiger partial charge in [0.05, 0.1) is 5.69 Å². The quantitative estimate of drug-likeness (QED) is 0.836. The zero-order chi connectivity index (χ0) is 13.1. The van der Waals surface area contributed by atoms with Crippen molar-refractivity contribution < 1.29 is 9.53 Å². The van der Waals surface area contributed by atoms with Gasteiger partial charge in [0.1, 0.15) is 12.4 Å². The van der Waals surface area contributed by atoms with Crippen LogP contribution in [-0.4, -0.2) is 12.0 Å². The van der Waals surface area contributed by atoms with Crippen LogP contribution < -0.4 is 4.74 Å². The minimum atomic E-state index is 0.0927. The Labute approximate surface area is 111 Å². The molecule has 0 radical (unpaired) electrons. The highest BCUT2D eigenvalue weighted by molar-refractivity contribution is 6.10. The standard InChI is InChI=1S/C16H13NO2/c18-16-8-9-17-15-7-6-13(10-14(15)16)19-11-12-4-2-1-3-5-12/h1-7,9-10H,8,11H2. The first-order valence-electron chi connectivity index (χ1n) is 6.19. The maximum Gasteiger partial charge on any atom is 0.170 e. The van der Waals surface area contributed by atoms with Gasteiger partial charge >= 0.3 is 0 Å². The van der Waals surface area contributed by atoms with Gasteiger partial charge in [0.25, 0.3) is 0 Å². The summed E-state index contributed by atoms with van der Waals surface area (Å²) < 4.78 is 5.70. The van der Waals surface area contributed by atoms with Crippen LogP contribution in [0.2, 0.25) is 0 Å². The van der Waals surface area contributed by atoms with Crippen molar-refractivity contribution in [3.63, 3.8) is 0 Å². The van der Waals surface area contributed by atoms with Crippen molar-refractivity contribution >= 4 is 17.7 Å². The molecule has 3 nitrogen and oxygen atoms in total. The number of hydrogen-bond acceptors (Lipinski definition) is 3. The fourth-order valence-electron chi connectivity index (χ4n) is 2.02. The van der Waals surface area contributed by atoms with Gasteiger partial charge in [-0.2, -0.15) is 0 Å². The fraction of sp³-hybridized carbons (Fsp3) is 0.125. The lowest BCUT2D eigenvalue weighted by molar-refractivity contribution is 0.100. The van der Waals surface area contributed by atoms with Crippen LogP contribution in [0.25, 0.3) is 0 Å². The van der Waals surface area contributed by atoms with Crippen molar-refractivity contribution in [3.05, 3.63) is 59.7 Å². The molecule has 19 heavy (non-hydrogen) atoms. The molecule has 0 fully saturated rings. The number of aliphatic imine (C=N–C) groups is 1. The summed E-state index contributed by atoms with van der Waals surface area (Å²) in [5.41, 5.74) is 2.47. The van der Waals surface area contributed by atoms with Gasteiger partial charge < -0.3 is 4.74 Å². The molecule has 0 saturated heterocycles. The van der Waals surface area contributed by atoms with Crippen LogP contribution in [0, 0.1) is 0 Å². The minimum Gasteiger partial charge on any atom is -0.489 e. The van der Waals surface area contributed by atoms with Crippen LogP contribution in [0.4, 0.5) is 5.69 Å². The number of Topliss-reactive ketones (excluding diaryl/α,β-unsaturated/α-hetero) is 1. The van der Waals surface area contributed by atoms with Gasteiger partial charge in [-0.1, -0.05) is 30.3 Å². The predicted molar refractivity (Wildman–Crippen MR) is 74.3 cm³/mol. The molecule has 2 aromatic carbocycles. The summed E-state index contributed by atoms with van der Waals surface area (Å²) in [6.07, 6.45) is 2.02. The molecule has 0 spiro atoms. The number of rotatable bonds is 3. The molecule has 0 bridgehead atoms. The van der Waals surface area contributed by atoms with Crippen molar-refractivity contribution in [1.29, 1.82) is 0 Å². The number of fused-ring (bicyclic) bond motifs is 1. The Balaban J connectivity index is 1.78. The average molecular weight is 251 g/mol. The Morgan fingerprint density at radius 2 is 1.95 bits per heavy atom. The first kappa shape index (κ1) is 11.7. The summed E-state index contributed by atoms with van der Waals surface area (Å²) in [5.74, 6) is 0.795. The van der Waals surface area contributed by atoms with Crippen molar-refractivity contribution in [3.8, 4) is 5.75 Å². The summed E-state index contributed by atoms with van der Waals surface area (Å²) in [4.78, 5) is 16.0. The Kier molecular flexibility index (Phi) is 3.11. The van der Waals surface area contributed by atoms with E-state index >= 15 is 0 Å². The molecule has 1 aliphatic heterocycles. The molecular formula is C16H13NO2. The van der Waals surface area contributed by atoms with Crippen molar-refractivity contribution in [2.75, 3.05) is 0 Å². The zero-order valence-corrected chi connectivity index (χ0v) is 10.4. The van der Waals surface area contributed by atoms with E-state index in [1.54, 1.807) is 12.3 Å². The number of hydrogen-bond donors (Lipinski definition) is 0. The van der Waals surface area contributed by atoms with E-state index in [1.165, 1.54) is 0 Å². The molecule has 0 amide bonds. The lowest BCUT2D eigenvalue weighted by atomic mass is 10.0. The number of ketones is 1. The van der Waals surface area contributed by atoms with Crippen LogP contribution in [0.3, 0.4) is 0 Å². The molecule has 1 heterocycles. The van der Waals surface area contributed by atoms with E-state index in [1.807, 2.05) is 42.5 Å². The van der Waals surface area contributed by atoms with Gasteiger partial charge in [-0.05, 0) is 23.8 Å². The predicted octanol–water partition coefficient (Wildman–Crippen LogP) is 3.55. The molecule has 0 aromatic heterocycles. The highest BCUT2D eigenvalue weighted by Gasteiger charge is 2.14. The largest absolute Gasteiger partial charge is 0.489 e. The molecule has 0 N–H and O–H groups in total. The first-order valence-corrected chi connectivity index (χ1v) is 6.19. The first-order chi connectivity index (χ1) is 9.33. The minimum absolute atomic E-state index is 0.0927. The maximum absolute atomic E-state index is 11.8. The molecule has 94 valence electrons. The number of benzene rings is 2. The summed E-state index contributed by atoms with van der Waals surface area (Å²) in [7, 11) is 0. The second kappa shape index (κ2) is 5.06. The number of nitrogens with zero attached hydrogens (tertiary/aromatic N) is 1. The van der Waals surface area contributed by atoms with Crippen molar-refractivity contribution in [1.82, 2.24) is 0 Å². The third kappa shape index (κ3) is 2.55. The Hall–Kier alpha value is -2.42. The molecule has 3 rings (SSSR count). The monoisotopic (exact) mass is 251 g/mol. The van der Waals surface area contributed by atoms with E-state index in [-0.39, 0.29) is 5.78 Å². The lowest BCUT2D eigenvalue weighted by Crippen LogP contribution is -2.05. The molecular weight excluding hydrogens is 238 g/mol. The number of carbonyl (C=O) groups is 1. The van der Waals surface area contributed by atoms with E-state index in [9.17, 15) is 4.79 Å². The summed E-state index contributed by atoms with van der Waals surface area (Å²) in [5, 5.41) is 0. The third-order valence-corrected chi connectivity index (χ3v) is 3.02. The van der Waals surface area contributed by atoms with Gasteiger partial charge in [-0.15, -0.1) is 0 Å². The highest BCUT2D eigenvalue weighted by Crippen LogP contribution is 2.28. The lowest BCUT2D eigenvalue weighted by Gasteiger charge is -2.11. The van der Waals surface area contributed by atoms with Crippen LogP contribution in [0.15, 0.2) is 53.5 Å². The Morgan fingerprint density at radius 3 is 2.79 bits per heavy atom. The average Bonchev–Trinajstić information content (AvgIpc) is 2.47. The molecule has 0 aliphatic carbocycles. The van der Waals surface area contributed by atoms with E-state index in [2.05, 4.69) is 4.99 Å². The van der Waals surface area contributed by atoms with Gasteiger partial charge in [-0.25, -0.2) is 0 Å². The summed E-state index contributed by atoms with van der Waals surface area (Å²) in [6, 6.07) is 15.4. The smallest absolute Gasteiger partial charge is 0.170 e. The maximum atomic E-state index is 11.8. The molecule has 1 aliphatic rings. The van der Waals surface area contributed by atoms with Gasteiger partial charge in [0, 0.05) is 18.2 Å². The van der Waals surface area contributed by atoms with E-state index in [4.69, 9.17) is 4.74 Å². The summed E-state index contributed by atoms with van der Waals surface area (Å²) >= 11 is 0. The Bertz CT molecular complexity index is 632. The second-order valence-electron chi connectivity index (χ2n) is 4.39. The van der Waals surface area contributed by atoms with E-state index in [0.717, 1.165) is 11.3 Å². The van der Waals surface area contributed by atoms with Crippen molar-refractivity contribution in [2.24, 2.45) is 4.99 Å². The molecule has 0 saturated carbocycles. The molecule has 2 aromatic rings. The Morgan fingerprint density at radius 1 is 1.11 bits per heavy atom. The molecule has 3 heteroatoms. The van der Waals surface area contributed by atoms with Crippen LogP contribution in [0.5, 0.6) is 5.75 Å². The zero-order valence-electron chi connectivity index (χ0n) is 10.4. The van der Waals surface area contributed by atoms with Crippen LogP contribution in [0.1, 0.15) is 22.3 Å². The number of carbonyl (C=O) groups excluding carboxylic acids is 1. The topological polar surface area (TPSA) is 38.7 Å². The van der Waals surface area contributed by atoms with Crippen LogP contribution in [-0.2, 0) is 6.61 Å². The SMILES string of the molecule is O=C1CC=Nc2ccc(OCc3ccccc3)cc21. The number of ether oxygens (including phenoxy) is 1. The fourth-order valence-corrected chi connectivity index (χ4v) is 2.02. The van der Waals surface area contributed by atoms with Gasteiger partial charge in [0.2, 0.25) is 0 Å². The normalized spacial score (nSPS) is 13.2. The summed E-state index contributed by atoms with van der Waals surface area (Å²) in [6.45, 7) is 0.497.